The van der Waals surface area contributed by atoms with Crippen LogP contribution in [0.3, 0.4) is 0 Å². The Bertz CT molecular complexity index is 1410. The van der Waals surface area contributed by atoms with Crippen molar-refractivity contribution in [2.24, 2.45) is 0 Å². The van der Waals surface area contributed by atoms with Gasteiger partial charge in [-0.25, -0.2) is 4.98 Å². The topological polar surface area (TPSA) is 80.2 Å². The molecule has 0 amide bonds. The van der Waals surface area contributed by atoms with Gasteiger partial charge in [-0.15, -0.1) is 0 Å². The molecule has 0 atom stereocenters. The van der Waals surface area contributed by atoms with Gasteiger partial charge in [0.05, 0.1) is 33.9 Å². The van der Waals surface area contributed by atoms with Crippen LogP contribution in [0.4, 0.5) is 0 Å². The summed E-state index contributed by atoms with van der Waals surface area (Å²) in [6.45, 7) is 2.70. The summed E-state index contributed by atoms with van der Waals surface area (Å²) in [5, 5.41) is 10.5. The summed E-state index contributed by atoms with van der Waals surface area (Å²) < 4.78 is 18.1. The van der Waals surface area contributed by atoms with Gasteiger partial charge in [-0.3, -0.25) is 0 Å². The quantitative estimate of drug-likeness (QED) is 0.180. The summed E-state index contributed by atoms with van der Waals surface area (Å²) in [7, 11) is 1.61. The third-order valence-electron chi connectivity index (χ3n) is 5.04. The first kappa shape index (κ1) is 23.9. The summed E-state index contributed by atoms with van der Waals surface area (Å²) in [6, 6.07) is 19.1. The van der Waals surface area contributed by atoms with Crippen LogP contribution in [-0.2, 0) is 6.61 Å². The van der Waals surface area contributed by atoms with Crippen molar-refractivity contribution in [2.45, 2.75) is 13.5 Å². The Labute approximate surface area is 216 Å². The van der Waals surface area contributed by atoms with Crippen molar-refractivity contribution < 1.29 is 14.2 Å². The highest BCUT2D eigenvalue weighted by molar-refractivity contribution is 14.1. The maximum absolute atomic E-state index is 9.83. The van der Waals surface area contributed by atoms with Crippen molar-refractivity contribution in [3.8, 4) is 23.3 Å². The minimum Gasteiger partial charge on any atom is -0.497 e. The first-order chi connectivity index (χ1) is 16.5. The molecular weight excluding hydrogens is 565 g/mol. The van der Waals surface area contributed by atoms with Crippen LogP contribution in [0.1, 0.15) is 23.9 Å². The average molecular weight is 586 g/mol. The molecule has 34 heavy (non-hydrogen) atoms. The molecule has 0 unspecified atom stereocenters. The Morgan fingerprint density at radius 3 is 2.74 bits per heavy atom. The fourth-order valence-corrected chi connectivity index (χ4v) is 4.37. The number of H-pyrrole nitrogens is 1. The van der Waals surface area contributed by atoms with Crippen LogP contribution in [0, 0.1) is 14.9 Å². The Hall–Kier alpha value is -3.22. The zero-order chi connectivity index (χ0) is 24.1. The monoisotopic (exact) mass is 585 g/mol. The molecule has 1 heterocycles. The van der Waals surface area contributed by atoms with Gasteiger partial charge in [0.15, 0.2) is 11.5 Å². The maximum Gasteiger partial charge on any atom is 0.175 e. The Balaban J connectivity index is 1.66. The van der Waals surface area contributed by atoms with Gasteiger partial charge in [0, 0.05) is 16.7 Å². The van der Waals surface area contributed by atoms with Crippen LogP contribution in [0.15, 0.2) is 54.6 Å². The van der Waals surface area contributed by atoms with Gasteiger partial charge in [0.2, 0.25) is 0 Å². The standard InChI is InChI=1S/C26H21ClIN3O3/c1-3-33-24-12-16(11-21(28)25(24)34-15-17-6-4-5-7-20(17)27)10-18(14-29)26-30-22-9-8-19(32-2)13-23(22)31-26/h4-13H,3,15H2,1-2H3,(H,30,31)/b18-10-. The number of halogens is 2. The fourth-order valence-electron chi connectivity index (χ4n) is 3.40. The minimum absolute atomic E-state index is 0.316. The molecule has 3 aromatic carbocycles. The largest absolute Gasteiger partial charge is 0.497 e. The molecule has 0 saturated carbocycles. The van der Waals surface area contributed by atoms with Crippen LogP contribution in [-0.4, -0.2) is 23.7 Å². The molecule has 1 aromatic heterocycles. The van der Waals surface area contributed by atoms with Crippen molar-refractivity contribution in [2.75, 3.05) is 13.7 Å². The number of nitriles is 1. The van der Waals surface area contributed by atoms with E-state index in [1.807, 2.05) is 61.5 Å². The summed E-state index contributed by atoms with van der Waals surface area (Å²) in [5.74, 6) is 2.43. The highest BCUT2D eigenvalue weighted by Crippen LogP contribution is 2.36. The lowest BCUT2D eigenvalue weighted by Crippen LogP contribution is -2.02. The van der Waals surface area contributed by atoms with Crippen molar-refractivity contribution in [1.82, 2.24) is 9.97 Å². The van der Waals surface area contributed by atoms with E-state index in [1.165, 1.54) is 0 Å². The number of nitrogens with one attached hydrogen (secondary N) is 1. The Morgan fingerprint density at radius 1 is 1.18 bits per heavy atom. The van der Waals surface area contributed by atoms with Crippen LogP contribution in [0.25, 0.3) is 22.7 Å². The molecule has 0 spiro atoms. The smallest absolute Gasteiger partial charge is 0.175 e. The second kappa shape index (κ2) is 10.8. The van der Waals surface area contributed by atoms with Crippen LogP contribution < -0.4 is 14.2 Å². The molecule has 0 fully saturated rings. The molecule has 8 heteroatoms. The number of imidazole rings is 1. The first-order valence-electron chi connectivity index (χ1n) is 10.5. The maximum atomic E-state index is 9.83. The van der Waals surface area contributed by atoms with Crippen LogP contribution in [0.2, 0.25) is 5.02 Å². The van der Waals surface area contributed by atoms with Crippen molar-refractivity contribution in [3.63, 3.8) is 0 Å². The fraction of sp³-hybridized carbons (Fsp3) is 0.154. The van der Waals surface area contributed by atoms with Gasteiger partial charge < -0.3 is 19.2 Å². The minimum atomic E-state index is 0.316. The number of methoxy groups -OCH3 is 1. The number of rotatable bonds is 8. The number of hydrogen-bond acceptors (Lipinski definition) is 5. The number of allylic oxidation sites excluding steroid dienone is 1. The highest BCUT2D eigenvalue weighted by atomic mass is 127. The van der Waals surface area contributed by atoms with Gasteiger partial charge in [-0.2, -0.15) is 5.26 Å². The number of aromatic nitrogens is 2. The number of hydrogen-bond donors (Lipinski definition) is 1. The zero-order valence-corrected chi connectivity index (χ0v) is 21.5. The van der Waals surface area contributed by atoms with E-state index in [2.05, 4.69) is 38.6 Å². The molecule has 172 valence electrons. The first-order valence-corrected chi connectivity index (χ1v) is 12.0. The second-order valence-corrected chi connectivity index (χ2v) is 8.85. The molecule has 4 aromatic rings. The highest BCUT2D eigenvalue weighted by Gasteiger charge is 2.15. The number of benzene rings is 3. The van der Waals surface area contributed by atoms with Crippen LogP contribution in [0.5, 0.6) is 17.2 Å². The van der Waals surface area contributed by atoms with Crippen molar-refractivity contribution in [1.29, 1.82) is 5.26 Å². The van der Waals surface area contributed by atoms with E-state index in [4.69, 9.17) is 25.8 Å². The molecule has 6 nitrogen and oxygen atoms in total. The van der Waals surface area contributed by atoms with Crippen molar-refractivity contribution >= 4 is 56.9 Å². The molecule has 1 N–H and O–H groups in total. The molecule has 0 aliphatic carbocycles. The van der Waals surface area contributed by atoms with E-state index in [1.54, 1.807) is 13.2 Å². The molecule has 0 radical (unpaired) electrons. The lowest BCUT2D eigenvalue weighted by atomic mass is 10.1. The summed E-state index contributed by atoms with van der Waals surface area (Å²) in [5.41, 5.74) is 3.64. The number of nitrogens with zero attached hydrogens (tertiary/aromatic N) is 2. The van der Waals surface area contributed by atoms with E-state index >= 15 is 0 Å². The second-order valence-electron chi connectivity index (χ2n) is 7.28. The normalized spacial score (nSPS) is 11.3. The zero-order valence-electron chi connectivity index (χ0n) is 18.6. The third kappa shape index (κ3) is 5.29. The lowest BCUT2D eigenvalue weighted by Gasteiger charge is -2.15. The van der Waals surface area contributed by atoms with Gasteiger partial charge in [0.25, 0.3) is 0 Å². The van der Waals surface area contributed by atoms with Gasteiger partial charge in [0.1, 0.15) is 24.3 Å². The number of aromatic amines is 1. The van der Waals surface area contributed by atoms with Gasteiger partial charge >= 0.3 is 0 Å². The Kier molecular flexibility index (Phi) is 7.60. The van der Waals surface area contributed by atoms with E-state index in [0.29, 0.717) is 46.9 Å². The third-order valence-corrected chi connectivity index (χ3v) is 6.21. The Morgan fingerprint density at radius 2 is 2.00 bits per heavy atom. The SMILES string of the molecule is CCOc1cc(/C=C(/C#N)c2nc3ccc(OC)cc3[nH]2)cc(I)c1OCc1ccccc1Cl. The average Bonchev–Trinajstić information content (AvgIpc) is 3.26. The van der Waals surface area contributed by atoms with E-state index in [0.717, 1.165) is 25.7 Å². The lowest BCUT2D eigenvalue weighted by molar-refractivity contribution is 0.267. The van der Waals surface area contributed by atoms with E-state index in [-0.39, 0.29) is 0 Å². The van der Waals surface area contributed by atoms with Crippen LogP contribution >= 0.6 is 34.2 Å². The number of ether oxygens (including phenoxy) is 3. The molecule has 0 aliphatic heterocycles. The van der Waals surface area contributed by atoms with E-state index < -0.39 is 0 Å². The molecular formula is C26H21ClIN3O3. The van der Waals surface area contributed by atoms with Gasteiger partial charge in [-0.05, 0) is 71.5 Å². The predicted molar refractivity (Wildman–Crippen MR) is 142 cm³/mol. The molecule has 0 bridgehead atoms. The molecule has 4 rings (SSSR count). The molecule has 0 aliphatic rings. The number of fused-ring (bicyclic) bond motifs is 1. The summed E-state index contributed by atoms with van der Waals surface area (Å²) in [4.78, 5) is 7.75. The molecule has 0 saturated heterocycles. The van der Waals surface area contributed by atoms with Gasteiger partial charge in [-0.1, -0.05) is 29.8 Å². The predicted octanol–water partition coefficient (Wildman–Crippen LogP) is 6.87. The van der Waals surface area contributed by atoms with Crippen molar-refractivity contribution in [3.05, 3.63) is 80.1 Å². The summed E-state index contributed by atoms with van der Waals surface area (Å²) >= 11 is 8.47. The summed E-state index contributed by atoms with van der Waals surface area (Å²) in [6.07, 6.45) is 1.78. The van der Waals surface area contributed by atoms with E-state index in [9.17, 15) is 5.26 Å².